The topological polar surface area (TPSA) is 41.5 Å². The fourth-order valence-corrected chi connectivity index (χ4v) is 2.03. The van der Waals surface area contributed by atoms with Crippen molar-refractivity contribution >= 4 is 12.1 Å². The Kier molecular flexibility index (Phi) is 8.35. The zero-order valence-electron chi connectivity index (χ0n) is 13.3. The van der Waals surface area contributed by atoms with Crippen LogP contribution in [0.25, 0.3) is 0 Å². The second-order valence-electron chi connectivity index (χ2n) is 5.29. The summed E-state index contributed by atoms with van der Waals surface area (Å²) in [5.74, 6) is -10.9. The van der Waals surface area contributed by atoms with Crippen molar-refractivity contribution in [2.75, 3.05) is 0 Å². The van der Waals surface area contributed by atoms with Crippen molar-refractivity contribution in [3.8, 4) is 0 Å². The van der Waals surface area contributed by atoms with E-state index in [-0.39, 0.29) is 6.42 Å². The summed E-state index contributed by atoms with van der Waals surface area (Å²) in [7, 11) is 0. The van der Waals surface area contributed by atoms with Crippen molar-refractivity contribution in [2.45, 2.75) is 51.9 Å². The third-order valence-electron chi connectivity index (χ3n) is 3.38. The highest BCUT2D eigenvalue weighted by Crippen LogP contribution is 2.21. The zero-order valence-corrected chi connectivity index (χ0v) is 13.3. The highest BCUT2D eigenvalue weighted by molar-refractivity contribution is 5.83. The van der Waals surface area contributed by atoms with Crippen LogP contribution in [0.5, 0.6) is 0 Å². The van der Waals surface area contributed by atoms with Crippen LogP contribution in [-0.2, 0) is 4.79 Å². The van der Waals surface area contributed by atoms with Crippen LogP contribution in [0.3, 0.4) is 0 Å². The van der Waals surface area contributed by atoms with Gasteiger partial charge in [-0.3, -0.25) is 4.79 Å². The number of hydrogen-bond acceptors (Lipinski definition) is 2. The number of carbonyl (C=O) groups excluding carboxylic acids is 1. The summed E-state index contributed by atoms with van der Waals surface area (Å²) in [6, 6.07) is 0. The Balaban J connectivity index is 2.52. The van der Waals surface area contributed by atoms with Gasteiger partial charge in [0, 0.05) is 6.42 Å². The molecule has 0 spiro atoms. The first-order valence-electron chi connectivity index (χ1n) is 7.73. The smallest absolute Gasteiger partial charge is 0.240 e. The first kappa shape index (κ1) is 20.1. The summed E-state index contributed by atoms with van der Waals surface area (Å²) in [4.78, 5) is 11.5. The fraction of sp³-hybridized carbons (Fsp3) is 0.500. The van der Waals surface area contributed by atoms with Gasteiger partial charge >= 0.3 is 0 Å². The standard InChI is InChI=1S/C16H19F5N2O/c1-2-3-4-5-6-7-8-11(24)23-22-9-10-12(17)14(19)16(21)15(20)13(10)18/h9H,2-8H2,1H3,(H,23,24)/b22-9+. The number of amides is 1. The summed E-state index contributed by atoms with van der Waals surface area (Å²) in [6.45, 7) is 2.09. The molecule has 0 unspecified atom stereocenters. The Morgan fingerprint density at radius 1 is 0.875 bits per heavy atom. The van der Waals surface area contributed by atoms with Gasteiger partial charge in [-0.05, 0) is 6.42 Å². The molecule has 3 nitrogen and oxygen atoms in total. The normalized spacial score (nSPS) is 11.2. The number of benzene rings is 1. The number of hydrogen-bond donors (Lipinski definition) is 1. The van der Waals surface area contributed by atoms with Crippen LogP contribution >= 0.6 is 0 Å². The lowest BCUT2D eigenvalue weighted by atomic mass is 10.1. The lowest BCUT2D eigenvalue weighted by Gasteiger charge is -2.04. The Morgan fingerprint density at radius 2 is 1.38 bits per heavy atom. The molecule has 1 amide bonds. The van der Waals surface area contributed by atoms with Crippen LogP contribution < -0.4 is 5.43 Å². The minimum atomic E-state index is -2.24. The van der Waals surface area contributed by atoms with E-state index in [1.165, 1.54) is 0 Å². The van der Waals surface area contributed by atoms with E-state index in [9.17, 15) is 26.7 Å². The van der Waals surface area contributed by atoms with E-state index in [4.69, 9.17) is 0 Å². The lowest BCUT2D eigenvalue weighted by Crippen LogP contribution is -2.17. The molecule has 1 aromatic rings. The largest absolute Gasteiger partial charge is 0.273 e. The highest BCUT2D eigenvalue weighted by atomic mass is 19.2. The molecule has 0 fully saturated rings. The Morgan fingerprint density at radius 3 is 1.96 bits per heavy atom. The average Bonchev–Trinajstić information content (AvgIpc) is 2.57. The molecule has 0 radical (unpaired) electrons. The molecule has 0 aromatic heterocycles. The maximum absolute atomic E-state index is 13.4. The van der Waals surface area contributed by atoms with Gasteiger partial charge in [0.05, 0.1) is 11.8 Å². The van der Waals surface area contributed by atoms with Gasteiger partial charge < -0.3 is 0 Å². The molecule has 134 valence electrons. The molecule has 1 rings (SSSR count). The van der Waals surface area contributed by atoms with Crippen molar-refractivity contribution in [3.63, 3.8) is 0 Å². The molecule has 0 atom stereocenters. The maximum Gasteiger partial charge on any atom is 0.240 e. The third kappa shape index (κ3) is 5.58. The molecule has 0 aliphatic heterocycles. The van der Waals surface area contributed by atoms with Crippen LogP contribution in [0.4, 0.5) is 22.0 Å². The minimum absolute atomic E-state index is 0.167. The van der Waals surface area contributed by atoms with Crippen molar-refractivity contribution in [1.82, 2.24) is 5.43 Å². The first-order valence-corrected chi connectivity index (χ1v) is 7.73. The van der Waals surface area contributed by atoms with Gasteiger partial charge in [0.25, 0.3) is 0 Å². The van der Waals surface area contributed by atoms with Crippen LogP contribution in [-0.4, -0.2) is 12.1 Å². The number of nitrogens with one attached hydrogen (secondary N) is 1. The summed E-state index contributed by atoms with van der Waals surface area (Å²) in [6.07, 6.45) is 6.43. The number of rotatable bonds is 9. The van der Waals surface area contributed by atoms with Crippen molar-refractivity contribution in [2.24, 2.45) is 5.10 Å². The molecule has 0 heterocycles. The van der Waals surface area contributed by atoms with Crippen molar-refractivity contribution < 1.29 is 26.7 Å². The first-order chi connectivity index (χ1) is 11.4. The maximum atomic E-state index is 13.4. The monoisotopic (exact) mass is 350 g/mol. The average molecular weight is 350 g/mol. The Hall–Kier alpha value is -1.99. The van der Waals surface area contributed by atoms with Gasteiger partial charge in [-0.2, -0.15) is 5.10 Å². The van der Waals surface area contributed by atoms with Gasteiger partial charge in [0.2, 0.25) is 11.7 Å². The van der Waals surface area contributed by atoms with E-state index in [1.807, 2.05) is 5.43 Å². The van der Waals surface area contributed by atoms with Crippen molar-refractivity contribution in [1.29, 1.82) is 0 Å². The van der Waals surface area contributed by atoms with Crippen LogP contribution in [0.2, 0.25) is 0 Å². The zero-order chi connectivity index (χ0) is 18.1. The van der Waals surface area contributed by atoms with E-state index in [1.54, 1.807) is 0 Å². The molecule has 0 bridgehead atoms. The predicted octanol–water partition coefficient (Wildman–Crippen LogP) is 4.58. The second kappa shape index (κ2) is 10.00. The number of halogens is 5. The predicted molar refractivity (Wildman–Crippen MR) is 80.0 cm³/mol. The van der Waals surface area contributed by atoms with Gasteiger partial charge in [-0.15, -0.1) is 0 Å². The highest BCUT2D eigenvalue weighted by Gasteiger charge is 2.24. The van der Waals surface area contributed by atoms with Crippen molar-refractivity contribution in [3.05, 3.63) is 34.6 Å². The quantitative estimate of drug-likeness (QED) is 0.174. The molecule has 1 N–H and O–H groups in total. The van der Waals surface area contributed by atoms with E-state index in [0.29, 0.717) is 12.6 Å². The molecular formula is C16H19F5N2O. The van der Waals surface area contributed by atoms with Gasteiger partial charge in [0.15, 0.2) is 23.3 Å². The van der Waals surface area contributed by atoms with Gasteiger partial charge in [-0.1, -0.05) is 39.0 Å². The number of unbranched alkanes of at least 4 members (excludes halogenated alkanes) is 5. The summed E-state index contributed by atoms with van der Waals surface area (Å²) >= 11 is 0. The summed E-state index contributed by atoms with van der Waals surface area (Å²) in [5, 5.41) is 3.24. The number of carbonyl (C=O) groups is 1. The number of nitrogens with zero attached hydrogens (tertiary/aromatic N) is 1. The van der Waals surface area contributed by atoms with Gasteiger partial charge in [0.1, 0.15) is 0 Å². The van der Waals surface area contributed by atoms with E-state index in [2.05, 4.69) is 12.0 Å². The summed E-state index contributed by atoms with van der Waals surface area (Å²) < 4.78 is 65.5. The molecule has 0 aliphatic carbocycles. The second-order valence-corrected chi connectivity index (χ2v) is 5.29. The molecule has 0 aliphatic rings. The van der Waals surface area contributed by atoms with Crippen LogP contribution in [0.1, 0.15) is 57.4 Å². The molecule has 0 saturated carbocycles. The fourth-order valence-electron chi connectivity index (χ4n) is 2.03. The van der Waals surface area contributed by atoms with E-state index < -0.39 is 40.6 Å². The minimum Gasteiger partial charge on any atom is -0.273 e. The third-order valence-corrected chi connectivity index (χ3v) is 3.38. The SMILES string of the molecule is CCCCCCCCC(=O)N/N=C/c1c(F)c(F)c(F)c(F)c1F. The Labute approximate surface area is 136 Å². The van der Waals surface area contributed by atoms with Crippen LogP contribution in [0, 0.1) is 29.1 Å². The van der Waals surface area contributed by atoms with E-state index >= 15 is 0 Å². The molecular weight excluding hydrogens is 331 g/mol. The Bertz CT molecular complexity index is 576. The molecule has 0 saturated heterocycles. The number of hydrazone groups is 1. The molecule has 24 heavy (non-hydrogen) atoms. The van der Waals surface area contributed by atoms with Gasteiger partial charge in [-0.25, -0.2) is 27.4 Å². The van der Waals surface area contributed by atoms with Crippen LogP contribution in [0.15, 0.2) is 5.10 Å². The molecule has 8 heteroatoms. The molecule has 1 aromatic carbocycles. The summed E-state index contributed by atoms with van der Waals surface area (Å²) in [5.41, 5.74) is 0.797. The van der Waals surface area contributed by atoms with E-state index in [0.717, 1.165) is 32.1 Å². The lowest BCUT2D eigenvalue weighted by molar-refractivity contribution is -0.121.